The maximum absolute atomic E-state index is 12.7. The number of fused-ring (bicyclic) bond motifs is 1. The van der Waals surface area contributed by atoms with E-state index in [9.17, 15) is 14.4 Å². The first-order valence-corrected chi connectivity index (χ1v) is 11.3. The molecular formula is C21H24N4O5S2. The minimum absolute atomic E-state index is 0.112. The van der Waals surface area contributed by atoms with Crippen LogP contribution in [0.1, 0.15) is 45.0 Å². The molecule has 2 heterocycles. The molecule has 2 amide bonds. The zero-order valence-corrected chi connectivity index (χ0v) is 19.4. The molecule has 1 aromatic heterocycles. The van der Waals surface area contributed by atoms with Crippen LogP contribution in [0.15, 0.2) is 30.3 Å². The van der Waals surface area contributed by atoms with Crippen LogP contribution in [0, 0.1) is 0 Å². The number of nitrogens with one attached hydrogen (secondary N) is 3. The van der Waals surface area contributed by atoms with Crippen LogP contribution >= 0.6 is 23.6 Å². The molecule has 2 aromatic rings. The number of hydrogen-bond acceptors (Lipinski definition) is 7. The first-order valence-electron chi connectivity index (χ1n) is 10.1. The van der Waals surface area contributed by atoms with Crippen LogP contribution in [0.5, 0.6) is 0 Å². The second kappa shape index (κ2) is 10.9. The number of carbonyl (C=O) groups excluding carboxylic acids is 3. The molecule has 0 aliphatic carbocycles. The lowest BCUT2D eigenvalue weighted by Gasteiger charge is -2.26. The van der Waals surface area contributed by atoms with E-state index in [1.807, 2.05) is 6.07 Å². The number of thiocarbonyl (C=S) groups is 1. The Balaban J connectivity index is 1.73. The van der Waals surface area contributed by atoms with Crippen LogP contribution < -0.4 is 16.2 Å². The number of rotatable bonds is 5. The molecule has 0 fully saturated rings. The Labute approximate surface area is 195 Å². The van der Waals surface area contributed by atoms with Gasteiger partial charge >= 0.3 is 12.1 Å². The molecule has 0 atom stereocenters. The number of carbonyl (C=O) groups is 3. The van der Waals surface area contributed by atoms with Crippen LogP contribution in [-0.4, -0.2) is 47.7 Å². The summed E-state index contributed by atoms with van der Waals surface area (Å²) in [5.41, 5.74) is 6.86. The Morgan fingerprint density at radius 1 is 1.09 bits per heavy atom. The van der Waals surface area contributed by atoms with Crippen molar-refractivity contribution in [3.8, 4) is 0 Å². The minimum Gasteiger partial charge on any atom is -0.462 e. The van der Waals surface area contributed by atoms with Gasteiger partial charge in [0, 0.05) is 17.0 Å². The van der Waals surface area contributed by atoms with E-state index in [-0.39, 0.29) is 23.7 Å². The lowest BCUT2D eigenvalue weighted by molar-refractivity contribution is 0.0526. The van der Waals surface area contributed by atoms with E-state index in [2.05, 4.69) is 16.2 Å². The fourth-order valence-corrected chi connectivity index (χ4v) is 4.66. The van der Waals surface area contributed by atoms with Gasteiger partial charge in [0.05, 0.1) is 25.3 Å². The Morgan fingerprint density at radius 3 is 2.50 bits per heavy atom. The van der Waals surface area contributed by atoms with Crippen LogP contribution in [0.2, 0.25) is 0 Å². The lowest BCUT2D eigenvalue weighted by Crippen LogP contribution is -2.43. The van der Waals surface area contributed by atoms with Gasteiger partial charge in [0.2, 0.25) is 0 Å². The number of ether oxygens (including phenoxy) is 2. The standard InChI is InChI=1S/C21H24N4O5S2/c1-3-29-19(27)16-14-10-11-25(21(28)30-4-2)12-15(14)32-18(16)22-20(31)24-23-17(26)13-8-6-5-7-9-13/h5-9H,3-4,10-12H2,1-2H3,(H,23,26)(H2,22,24,31). The summed E-state index contributed by atoms with van der Waals surface area (Å²) in [5.74, 6) is -0.816. The Hall–Kier alpha value is -3.18. The van der Waals surface area contributed by atoms with E-state index in [4.69, 9.17) is 21.7 Å². The van der Waals surface area contributed by atoms with Gasteiger partial charge < -0.3 is 19.7 Å². The number of benzene rings is 1. The third-order valence-corrected chi connectivity index (χ3v) is 5.95. The number of anilines is 1. The van der Waals surface area contributed by atoms with Gasteiger partial charge in [0.15, 0.2) is 5.11 Å². The summed E-state index contributed by atoms with van der Waals surface area (Å²) in [4.78, 5) is 39.4. The van der Waals surface area contributed by atoms with E-state index < -0.39 is 5.97 Å². The number of hydrogen-bond donors (Lipinski definition) is 3. The molecule has 0 radical (unpaired) electrons. The van der Waals surface area contributed by atoms with E-state index in [0.717, 1.165) is 10.4 Å². The summed E-state index contributed by atoms with van der Waals surface area (Å²) in [6.07, 6.45) is 0.102. The molecule has 0 bridgehead atoms. The van der Waals surface area contributed by atoms with E-state index in [0.29, 0.717) is 42.2 Å². The third kappa shape index (κ3) is 5.54. The average Bonchev–Trinajstić information content (AvgIpc) is 3.15. The molecule has 11 heteroatoms. The van der Waals surface area contributed by atoms with E-state index in [1.165, 1.54) is 11.3 Å². The maximum atomic E-state index is 12.7. The molecule has 0 saturated heterocycles. The van der Waals surface area contributed by atoms with Gasteiger partial charge in [-0.15, -0.1) is 11.3 Å². The van der Waals surface area contributed by atoms with Gasteiger partial charge in [-0.25, -0.2) is 9.59 Å². The quantitative estimate of drug-likeness (QED) is 0.343. The summed E-state index contributed by atoms with van der Waals surface area (Å²) in [5, 5.41) is 3.57. The van der Waals surface area contributed by atoms with Crippen molar-refractivity contribution in [1.29, 1.82) is 0 Å². The second-order valence-corrected chi connectivity index (χ2v) is 8.21. The Kier molecular flexibility index (Phi) is 8.01. The first-order chi connectivity index (χ1) is 15.4. The van der Waals surface area contributed by atoms with Crippen LogP contribution in [0.3, 0.4) is 0 Å². The van der Waals surface area contributed by atoms with Crippen molar-refractivity contribution in [3.05, 3.63) is 51.9 Å². The smallest absolute Gasteiger partial charge is 0.410 e. The van der Waals surface area contributed by atoms with Gasteiger partial charge in [0.25, 0.3) is 5.91 Å². The Bertz CT molecular complexity index is 1010. The molecule has 9 nitrogen and oxygen atoms in total. The molecule has 0 saturated carbocycles. The van der Waals surface area contributed by atoms with Crippen molar-refractivity contribution in [2.45, 2.75) is 26.8 Å². The maximum Gasteiger partial charge on any atom is 0.410 e. The number of nitrogens with zero attached hydrogens (tertiary/aromatic N) is 1. The van der Waals surface area contributed by atoms with Crippen LogP contribution in [0.25, 0.3) is 0 Å². The first kappa shape index (κ1) is 23.5. The van der Waals surface area contributed by atoms with Gasteiger partial charge in [-0.1, -0.05) is 18.2 Å². The number of esters is 1. The topological polar surface area (TPSA) is 109 Å². The van der Waals surface area contributed by atoms with Crippen molar-refractivity contribution in [3.63, 3.8) is 0 Å². The second-order valence-electron chi connectivity index (χ2n) is 6.70. The van der Waals surface area contributed by atoms with Crippen molar-refractivity contribution in [1.82, 2.24) is 15.8 Å². The molecule has 1 aromatic carbocycles. The normalized spacial score (nSPS) is 12.4. The van der Waals surface area contributed by atoms with Crippen LogP contribution in [0.4, 0.5) is 9.80 Å². The zero-order chi connectivity index (χ0) is 23.1. The number of amides is 2. The van der Waals surface area contributed by atoms with Gasteiger partial charge in [-0.2, -0.15) is 0 Å². The fourth-order valence-electron chi connectivity index (χ4n) is 3.19. The molecule has 32 heavy (non-hydrogen) atoms. The third-order valence-electron chi connectivity index (χ3n) is 4.62. The average molecular weight is 477 g/mol. The zero-order valence-electron chi connectivity index (χ0n) is 17.7. The lowest BCUT2D eigenvalue weighted by atomic mass is 10.0. The van der Waals surface area contributed by atoms with Crippen molar-refractivity contribution >= 4 is 51.6 Å². The van der Waals surface area contributed by atoms with E-state index >= 15 is 0 Å². The van der Waals surface area contributed by atoms with Crippen molar-refractivity contribution in [2.24, 2.45) is 0 Å². The molecule has 0 unspecified atom stereocenters. The van der Waals surface area contributed by atoms with Crippen molar-refractivity contribution in [2.75, 3.05) is 25.1 Å². The van der Waals surface area contributed by atoms with Crippen LogP contribution in [-0.2, 0) is 22.4 Å². The van der Waals surface area contributed by atoms with Gasteiger partial charge in [-0.05, 0) is 50.2 Å². The predicted octanol–water partition coefficient (Wildman–Crippen LogP) is 3.07. The summed E-state index contributed by atoms with van der Waals surface area (Å²) >= 11 is 6.60. The highest BCUT2D eigenvalue weighted by Crippen LogP contribution is 2.37. The molecular weight excluding hydrogens is 452 g/mol. The highest BCUT2D eigenvalue weighted by atomic mass is 32.1. The van der Waals surface area contributed by atoms with E-state index in [1.54, 1.807) is 43.0 Å². The summed E-state index contributed by atoms with van der Waals surface area (Å²) in [6.45, 7) is 4.78. The molecule has 170 valence electrons. The van der Waals surface area contributed by atoms with Gasteiger partial charge in [0.1, 0.15) is 5.00 Å². The summed E-state index contributed by atoms with van der Waals surface area (Å²) < 4.78 is 10.3. The Morgan fingerprint density at radius 2 is 1.81 bits per heavy atom. The fraction of sp³-hybridized carbons (Fsp3) is 0.333. The molecule has 1 aliphatic heterocycles. The SMILES string of the molecule is CCOC(=O)c1c(NC(=S)NNC(=O)c2ccccc2)sc2c1CCN(C(=O)OCC)C2. The highest BCUT2D eigenvalue weighted by Gasteiger charge is 2.31. The number of hydrazine groups is 1. The summed E-state index contributed by atoms with van der Waals surface area (Å²) in [7, 11) is 0. The number of thiophene rings is 1. The monoisotopic (exact) mass is 476 g/mol. The molecule has 1 aliphatic rings. The van der Waals surface area contributed by atoms with Gasteiger partial charge in [-0.3, -0.25) is 15.6 Å². The highest BCUT2D eigenvalue weighted by molar-refractivity contribution is 7.80. The van der Waals surface area contributed by atoms with Crippen molar-refractivity contribution < 1.29 is 23.9 Å². The minimum atomic E-state index is -0.465. The molecule has 3 rings (SSSR count). The predicted molar refractivity (Wildman–Crippen MR) is 125 cm³/mol. The largest absolute Gasteiger partial charge is 0.462 e. The summed E-state index contributed by atoms with van der Waals surface area (Å²) in [6, 6.07) is 8.68. The molecule has 0 spiro atoms. The molecule has 3 N–H and O–H groups in total.